The number of rotatable bonds is 5. The lowest BCUT2D eigenvalue weighted by molar-refractivity contribution is -0.894. The van der Waals surface area contributed by atoms with Crippen molar-refractivity contribution in [1.82, 2.24) is 0 Å². The zero-order valence-electron chi connectivity index (χ0n) is 11.2. The van der Waals surface area contributed by atoms with Gasteiger partial charge in [-0.05, 0) is 32.9 Å². The van der Waals surface area contributed by atoms with Crippen LogP contribution in [0.1, 0.15) is 20.8 Å². The normalized spacial score (nSPS) is 13.4. The molecule has 0 bridgehead atoms. The molecule has 0 saturated carbocycles. The van der Waals surface area contributed by atoms with E-state index in [1.165, 1.54) is 19.6 Å². The lowest BCUT2D eigenvalue weighted by atomic mass is 10.3. The first-order chi connectivity index (χ1) is 8.42. The zero-order valence-corrected chi connectivity index (χ0v) is 12.1. The van der Waals surface area contributed by atoms with Gasteiger partial charge in [0.05, 0.1) is 19.6 Å². The van der Waals surface area contributed by atoms with Crippen LogP contribution < -0.4 is 14.9 Å². The largest absolute Gasteiger partial charge is 0.762 e. The Morgan fingerprint density at radius 3 is 1.89 bits per heavy atom. The molecule has 0 radical (unpaired) electrons. The Morgan fingerprint density at radius 1 is 1.17 bits per heavy atom. The number of anilines is 1. The molecule has 1 atom stereocenters. The number of hydrogen-bond donors (Lipinski definition) is 3. The first kappa shape index (κ1) is 17.1. The Labute approximate surface area is 109 Å². The Balaban J connectivity index is 0.000000360. The van der Waals surface area contributed by atoms with E-state index in [4.69, 9.17) is 4.89 Å². The molecule has 0 saturated heterocycles. The highest BCUT2D eigenvalue weighted by Gasteiger charge is 1.98. The van der Waals surface area contributed by atoms with E-state index in [1.807, 2.05) is 5.09 Å². The summed E-state index contributed by atoms with van der Waals surface area (Å²) in [6, 6.07) is 8.16. The van der Waals surface area contributed by atoms with Gasteiger partial charge in [-0.25, -0.2) is 0 Å². The molecule has 104 valence electrons. The van der Waals surface area contributed by atoms with E-state index < -0.39 is 7.75 Å². The van der Waals surface area contributed by atoms with Gasteiger partial charge in [0, 0.05) is 5.69 Å². The molecule has 1 aromatic rings. The third kappa shape index (κ3) is 9.19. The fourth-order valence-electron chi connectivity index (χ4n) is 1.43. The van der Waals surface area contributed by atoms with Crippen molar-refractivity contribution < 1.29 is 19.3 Å². The molecule has 6 heteroatoms. The lowest BCUT2D eigenvalue weighted by Crippen LogP contribution is -3.11. The molecule has 0 aliphatic rings. The van der Waals surface area contributed by atoms with Crippen LogP contribution in [0.4, 0.5) is 5.69 Å². The smallest absolute Gasteiger partial charge is 0.227 e. The molecule has 0 aliphatic carbocycles. The van der Waals surface area contributed by atoms with Crippen molar-refractivity contribution in [1.29, 1.82) is 0 Å². The van der Waals surface area contributed by atoms with Crippen LogP contribution in [0.3, 0.4) is 0 Å². The summed E-state index contributed by atoms with van der Waals surface area (Å²) in [5.41, 5.74) is 0.355. The lowest BCUT2D eigenvalue weighted by Gasteiger charge is -2.17. The van der Waals surface area contributed by atoms with Crippen LogP contribution in [0.5, 0.6) is 0 Å². The maximum atomic E-state index is 10.3. The van der Waals surface area contributed by atoms with E-state index in [9.17, 15) is 9.46 Å². The Kier molecular flexibility index (Phi) is 8.67. The van der Waals surface area contributed by atoms with E-state index in [-0.39, 0.29) is 0 Å². The van der Waals surface area contributed by atoms with E-state index in [1.54, 1.807) is 35.2 Å². The zero-order chi connectivity index (χ0) is 14.0. The summed E-state index contributed by atoms with van der Waals surface area (Å²) in [4.78, 5) is 20.3. The molecular weight excluding hydrogens is 251 g/mol. The molecule has 5 nitrogen and oxygen atoms in total. The molecule has 3 N–H and O–H groups in total. The molecule has 0 spiro atoms. The van der Waals surface area contributed by atoms with Crippen molar-refractivity contribution in [3.8, 4) is 0 Å². The topological polar surface area (TPSA) is 76.8 Å². The monoisotopic (exact) mass is 274 g/mol. The van der Waals surface area contributed by atoms with Crippen LogP contribution >= 0.6 is 7.75 Å². The third-order valence-electron chi connectivity index (χ3n) is 2.54. The summed E-state index contributed by atoms with van der Waals surface area (Å²) in [7, 11) is -4.39. The first-order valence-corrected chi connectivity index (χ1v) is 7.71. The highest BCUT2D eigenvalue weighted by Crippen LogP contribution is 2.29. The maximum Gasteiger partial charge on any atom is 0.227 e. The first-order valence-electron chi connectivity index (χ1n) is 6.13. The number of nitrogens with one attached hydrogen (secondary N) is 2. The molecule has 1 unspecified atom stereocenters. The van der Waals surface area contributed by atoms with Crippen LogP contribution in [-0.4, -0.2) is 24.5 Å². The van der Waals surface area contributed by atoms with E-state index in [0.29, 0.717) is 5.69 Å². The van der Waals surface area contributed by atoms with Crippen molar-refractivity contribution in [2.24, 2.45) is 0 Å². The van der Waals surface area contributed by atoms with Crippen LogP contribution in [0.25, 0.3) is 0 Å². The van der Waals surface area contributed by atoms with Gasteiger partial charge >= 0.3 is 0 Å². The minimum atomic E-state index is -4.39. The van der Waals surface area contributed by atoms with Crippen molar-refractivity contribution in [2.45, 2.75) is 20.8 Å². The summed E-state index contributed by atoms with van der Waals surface area (Å²) in [5, 5.41) is 1.94. The summed E-state index contributed by atoms with van der Waals surface area (Å²) in [5.74, 6) is 0. The van der Waals surface area contributed by atoms with Crippen LogP contribution in [0.2, 0.25) is 0 Å². The van der Waals surface area contributed by atoms with Crippen molar-refractivity contribution in [3.05, 3.63) is 30.3 Å². The second-order valence-electron chi connectivity index (χ2n) is 3.81. The van der Waals surface area contributed by atoms with Gasteiger partial charge in [-0.3, -0.25) is 4.57 Å². The van der Waals surface area contributed by atoms with Gasteiger partial charge in [0.1, 0.15) is 0 Å². The van der Waals surface area contributed by atoms with Crippen LogP contribution in [0, 0.1) is 0 Å². The Morgan fingerprint density at radius 2 is 1.61 bits per heavy atom. The van der Waals surface area contributed by atoms with Gasteiger partial charge in [-0.1, -0.05) is 18.2 Å². The molecule has 0 fully saturated rings. The number of para-hydroxylation sites is 1. The molecule has 0 aliphatic heterocycles. The molecule has 0 aromatic heterocycles. The van der Waals surface area contributed by atoms with E-state index >= 15 is 0 Å². The second-order valence-corrected chi connectivity index (χ2v) is 5.07. The number of quaternary nitrogens is 1. The number of benzene rings is 1. The van der Waals surface area contributed by atoms with Crippen molar-refractivity contribution in [3.63, 3.8) is 0 Å². The van der Waals surface area contributed by atoms with E-state index in [0.717, 1.165) is 0 Å². The molecule has 1 rings (SSSR count). The highest BCUT2D eigenvalue weighted by molar-refractivity contribution is 7.51. The molecule has 0 heterocycles. The van der Waals surface area contributed by atoms with Gasteiger partial charge < -0.3 is 19.8 Å². The van der Waals surface area contributed by atoms with Crippen molar-refractivity contribution in [2.75, 3.05) is 24.7 Å². The van der Waals surface area contributed by atoms with Gasteiger partial charge in [0.15, 0.2) is 0 Å². The average Bonchev–Trinajstić information content (AvgIpc) is 2.31. The molecule has 18 heavy (non-hydrogen) atoms. The average molecular weight is 274 g/mol. The fraction of sp³-hybridized carbons (Fsp3) is 0.500. The summed E-state index contributed by atoms with van der Waals surface area (Å²) in [6.45, 7) is 10.5. The SMILES string of the molecule is CC[NH+](CC)CC.O=P([O-])(O)Nc1ccccc1. The third-order valence-corrected chi connectivity index (χ3v) is 3.08. The van der Waals surface area contributed by atoms with Gasteiger partial charge in [-0.2, -0.15) is 0 Å². The van der Waals surface area contributed by atoms with Gasteiger partial charge in [-0.15, -0.1) is 0 Å². The highest BCUT2D eigenvalue weighted by atomic mass is 31.2. The quantitative estimate of drug-likeness (QED) is 0.683. The number of hydrogen-bond acceptors (Lipinski definition) is 2. The minimum absolute atomic E-state index is 0.355. The summed E-state index contributed by atoms with van der Waals surface area (Å²) >= 11 is 0. The molecule has 0 amide bonds. The van der Waals surface area contributed by atoms with Gasteiger partial charge in [0.25, 0.3) is 0 Å². The van der Waals surface area contributed by atoms with Crippen LogP contribution in [-0.2, 0) is 4.57 Å². The van der Waals surface area contributed by atoms with Crippen molar-refractivity contribution >= 4 is 13.4 Å². The Hall–Kier alpha value is -0.870. The Bertz CT molecular complexity index is 344. The standard InChI is InChI=1S/C6H8NO3P.C6H15N/c8-11(9,10)7-6-4-2-1-3-5-6;1-4-7(5-2)6-3/h1-5H,(H3,7,8,9,10);4-6H2,1-3H3. The van der Waals surface area contributed by atoms with Gasteiger partial charge in [0.2, 0.25) is 7.75 Å². The molecule has 1 aromatic carbocycles. The summed E-state index contributed by atoms with van der Waals surface area (Å²) in [6.07, 6.45) is 0. The van der Waals surface area contributed by atoms with E-state index in [2.05, 4.69) is 20.8 Å². The van der Waals surface area contributed by atoms with Crippen LogP contribution in [0.15, 0.2) is 30.3 Å². The fourth-order valence-corrected chi connectivity index (χ4v) is 1.90. The molecular formula is C12H23N2O3P. The predicted molar refractivity (Wildman–Crippen MR) is 72.5 cm³/mol. The maximum absolute atomic E-state index is 10.3. The predicted octanol–water partition coefficient (Wildman–Crippen LogP) is 0.490. The second kappa shape index (κ2) is 9.11. The minimum Gasteiger partial charge on any atom is -0.762 e. The summed E-state index contributed by atoms with van der Waals surface area (Å²) < 4.78 is 10.3.